The number of nitrogens with two attached hydrogens (primary N) is 1. The molecule has 0 aliphatic carbocycles. The Morgan fingerprint density at radius 2 is 2.04 bits per heavy atom. The summed E-state index contributed by atoms with van der Waals surface area (Å²) in [6, 6.07) is 9.57. The highest BCUT2D eigenvalue weighted by atomic mass is 32.1. The van der Waals surface area contributed by atoms with Gasteiger partial charge in [-0.1, -0.05) is 30.3 Å². The van der Waals surface area contributed by atoms with Crippen molar-refractivity contribution in [2.45, 2.75) is 13.0 Å². The fourth-order valence-electron chi connectivity index (χ4n) is 2.77. The van der Waals surface area contributed by atoms with Gasteiger partial charge in [0, 0.05) is 24.0 Å². The van der Waals surface area contributed by atoms with Gasteiger partial charge >= 0.3 is 0 Å². The monoisotopic (exact) mass is 341 g/mol. The highest BCUT2D eigenvalue weighted by molar-refractivity contribution is 7.17. The normalized spacial score (nSPS) is 14.5. The van der Waals surface area contributed by atoms with E-state index in [1.807, 2.05) is 37.4 Å². The lowest BCUT2D eigenvalue weighted by Crippen LogP contribution is -2.27. The van der Waals surface area contributed by atoms with Crippen LogP contribution in [0.25, 0.3) is 6.08 Å². The Morgan fingerprint density at radius 3 is 2.75 bits per heavy atom. The topological polar surface area (TPSA) is 75.4 Å². The van der Waals surface area contributed by atoms with Gasteiger partial charge in [0.2, 0.25) is 5.91 Å². The summed E-state index contributed by atoms with van der Waals surface area (Å²) >= 11 is 1.44. The zero-order valence-electron chi connectivity index (χ0n) is 13.4. The van der Waals surface area contributed by atoms with Crippen LogP contribution in [-0.4, -0.2) is 30.3 Å². The van der Waals surface area contributed by atoms with E-state index in [1.165, 1.54) is 17.4 Å². The molecule has 0 unspecified atom stereocenters. The fourth-order valence-corrected chi connectivity index (χ4v) is 4.11. The number of primary amides is 1. The summed E-state index contributed by atoms with van der Waals surface area (Å²) in [7, 11) is 2.04. The lowest BCUT2D eigenvalue weighted by molar-refractivity contribution is -0.111. The molecule has 6 heteroatoms. The second-order valence-electron chi connectivity index (χ2n) is 5.79. The van der Waals surface area contributed by atoms with E-state index in [4.69, 9.17) is 5.73 Å². The summed E-state index contributed by atoms with van der Waals surface area (Å²) in [5, 5.41) is 3.35. The molecular formula is C18H19N3O2S. The van der Waals surface area contributed by atoms with Crippen LogP contribution in [0, 0.1) is 0 Å². The van der Waals surface area contributed by atoms with E-state index in [0.717, 1.165) is 35.5 Å². The van der Waals surface area contributed by atoms with Crippen molar-refractivity contribution in [2.75, 3.05) is 18.9 Å². The number of carbonyl (C=O) groups is 2. The number of anilines is 1. The zero-order valence-corrected chi connectivity index (χ0v) is 14.2. The summed E-state index contributed by atoms with van der Waals surface area (Å²) in [5.41, 5.74) is 7.93. The number of hydrogen-bond acceptors (Lipinski definition) is 4. The van der Waals surface area contributed by atoms with Gasteiger partial charge in [0.05, 0.1) is 5.56 Å². The van der Waals surface area contributed by atoms with E-state index in [9.17, 15) is 9.59 Å². The summed E-state index contributed by atoms with van der Waals surface area (Å²) in [6.45, 7) is 1.65. The van der Waals surface area contributed by atoms with Crippen LogP contribution in [-0.2, 0) is 17.8 Å². The first-order chi connectivity index (χ1) is 11.5. The molecular weight excluding hydrogens is 322 g/mol. The van der Waals surface area contributed by atoms with E-state index >= 15 is 0 Å². The molecule has 0 fully saturated rings. The van der Waals surface area contributed by atoms with Crippen molar-refractivity contribution in [3.63, 3.8) is 0 Å². The third kappa shape index (κ3) is 3.55. The maximum absolute atomic E-state index is 12.2. The van der Waals surface area contributed by atoms with E-state index in [2.05, 4.69) is 10.2 Å². The molecule has 0 saturated carbocycles. The number of rotatable bonds is 4. The fraction of sp³-hybridized carbons (Fsp3) is 0.222. The number of fused-ring (bicyclic) bond motifs is 1. The molecule has 2 amide bonds. The number of nitrogens with one attached hydrogen (secondary N) is 1. The van der Waals surface area contributed by atoms with Crippen molar-refractivity contribution in [2.24, 2.45) is 5.73 Å². The van der Waals surface area contributed by atoms with E-state index in [1.54, 1.807) is 6.08 Å². The van der Waals surface area contributed by atoms with Gasteiger partial charge in [0.15, 0.2) is 0 Å². The molecule has 1 aromatic heterocycles. The van der Waals surface area contributed by atoms with Gasteiger partial charge < -0.3 is 16.0 Å². The molecule has 0 atom stereocenters. The molecule has 24 heavy (non-hydrogen) atoms. The average molecular weight is 341 g/mol. The molecule has 0 bridgehead atoms. The van der Waals surface area contributed by atoms with Gasteiger partial charge in [-0.25, -0.2) is 0 Å². The molecule has 1 aromatic carbocycles. The van der Waals surface area contributed by atoms with Gasteiger partial charge in [-0.15, -0.1) is 11.3 Å². The smallest absolute Gasteiger partial charge is 0.251 e. The van der Waals surface area contributed by atoms with Crippen molar-refractivity contribution >= 4 is 34.2 Å². The quantitative estimate of drug-likeness (QED) is 0.839. The van der Waals surface area contributed by atoms with E-state index in [-0.39, 0.29) is 5.91 Å². The Bertz CT molecular complexity index is 796. The van der Waals surface area contributed by atoms with Crippen LogP contribution in [0.15, 0.2) is 36.4 Å². The largest absolute Gasteiger partial charge is 0.365 e. The van der Waals surface area contributed by atoms with Crippen LogP contribution in [0.1, 0.15) is 26.4 Å². The molecule has 1 aliphatic rings. The molecule has 3 N–H and O–H groups in total. The maximum Gasteiger partial charge on any atom is 0.251 e. The highest BCUT2D eigenvalue weighted by Gasteiger charge is 2.26. The number of likely N-dealkylation sites (N-methyl/N-ethyl adjacent to an activating group) is 1. The van der Waals surface area contributed by atoms with Crippen LogP contribution in [0.3, 0.4) is 0 Å². The van der Waals surface area contributed by atoms with Crippen molar-refractivity contribution in [3.8, 4) is 0 Å². The first kappa shape index (κ1) is 16.4. The summed E-state index contributed by atoms with van der Waals surface area (Å²) in [4.78, 5) is 27.3. The Labute approximate surface area is 144 Å². The van der Waals surface area contributed by atoms with Gasteiger partial charge in [0.1, 0.15) is 5.00 Å². The SMILES string of the molecule is CN1CCc2c(sc(NC(=O)/C=C/c3ccccc3)c2C(N)=O)C1. The van der Waals surface area contributed by atoms with Crippen molar-refractivity contribution in [1.29, 1.82) is 0 Å². The van der Waals surface area contributed by atoms with Crippen LogP contribution >= 0.6 is 11.3 Å². The molecule has 0 radical (unpaired) electrons. The van der Waals surface area contributed by atoms with E-state index < -0.39 is 5.91 Å². The van der Waals surface area contributed by atoms with Crippen molar-refractivity contribution in [1.82, 2.24) is 4.90 Å². The number of amides is 2. The highest BCUT2D eigenvalue weighted by Crippen LogP contribution is 2.36. The third-order valence-corrected chi connectivity index (χ3v) is 5.09. The minimum Gasteiger partial charge on any atom is -0.365 e. The molecule has 5 nitrogen and oxygen atoms in total. The molecule has 2 aromatic rings. The standard InChI is InChI=1S/C18H19N3O2S/c1-21-10-9-13-14(11-21)24-18(16(13)17(19)23)20-15(22)8-7-12-5-3-2-4-6-12/h2-8H,9-11H2,1H3,(H2,19,23)(H,20,22)/b8-7+. The van der Waals surface area contributed by atoms with Gasteiger partial charge in [-0.3, -0.25) is 9.59 Å². The van der Waals surface area contributed by atoms with E-state index in [0.29, 0.717) is 10.6 Å². The molecule has 0 spiro atoms. The summed E-state index contributed by atoms with van der Waals surface area (Å²) in [5.74, 6) is -0.757. The minimum absolute atomic E-state index is 0.270. The molecule has 1 aliphatic heterocycles. The third-order valence-electron chi connectivity index (χ3n) is 3.96. The number of carbonyl (C=O) groups excluding carboxylic acids is 2. The summed E-state index contributed by atoms with van der Waals surface area (Å²) in [6.07, 6.45) is 3.97. The molecule has 124 valence electrons. The zero-order chi connectivity index (χ0) is 17.1. The second-order valence-corrected chi connectivity index (χ2v) is 6.90. The van der Waals surface area contributed by atoms with Gasteiger partial charge in [-0.2, -0.15) is 0 Å². The predicted octanol–water partition coefficient (Wildman–Crippen LogP) is 2.49. The second kappa shape index (κ2) is 6.98. The minimum atomic E-state index is -0.487. The van der Waals surface area contributed by atoms with Crippen LogP contribution in [0.4, 0.5) is 5.00 Å². The van der Waals surface area contributed by atoms with Crippen molar-refractivity contribution in [3.05, 3.63) is 58.0 Å². The van der Waals surface area contributed by atoms with Crippen LogP contribution in [0.2, 0.25) is 0 Å². The lowest BCUT2D eigenvalue weighted by atomic mass is 10.0. The van der Waals surface area contributed by atoms with Gasteiger partial charge in [0.25, 0.3) is 5.91 Å². The Morgan fingerprint density at radius 1 is 1.29 bits per heavy atom. The van der Waals surface area contributed by atoms with Gasteiger partial charge in [-0.05, 0) is 30.7 Å². The maximum atomic E-state index is 12.2. The number of hydrogen-bond donors (Lipinski definition) is 2. The Hall–Kier alpha value is -2.44. The van der Waals surface area contributed by atoms with Crippen LogP contribution < -0.4 is 11.1 Å². The molecule has 2 heterocycles. The predicted molar refractivity (Wildman–Crippen MR) is 97.0 cm³/mol. The number of nitrogens with zero attached hydrogens (tertiary/aromatic N) is 1. The van der Waals surface area contributed by atoms with Crippen molar-refractivity contribution < 1.29 is 9.59 Å². The van der Waals surface area contributed by atoms with Crippen LogP contribution in [0.5, 0.6) is 0 Å². The average Bonchev–Trinajstić information content (AvgIpc) is 2.90. The Balaban J connectivity index is 1.81. The first-order valence-corrected chi connectivity index (χ1v) is 8.53. The lowest BCUT2D eigenvalue weighted by Gasteiger charge is -2.22. The first-order valence-electron chi connectivity index (χ1n) is 7.71. The molecule has 3 rings (SSSR count). The number of thiophene rings is 1. The number of benzene rings is 1. The Kier molecular flexibility index (Phi) is 4.78. The molecule has 0 saturated heterocycles. The summed E-state index contributed by atoms with van der Waals surface area (Å²) < 4.78 is 0.